The molecule has 1 aromatic rings. The fourth-order valence-corrected chi connectivity index (χ4v) is 2.83. The number of hydrogen-bond acceptors (Lipinski definition) is 3. The molecule has 1 aromatic carbocycles. The fraction of sp³-hybridized carbons (Fsp3) is 0.647. The first-order chi connectivity index (χ1) is 9.37. The van der Waals surface area contributed by atoms with Gasteiger partial charge in [-0.1, -0.05) is 19.1 Å². The Bertz CT molecular complexity index is 457. The molecule has 0 bridgehead atoms. The number of aliphatic hydroxyl groups is 1. The fourth-order valence-electron chi connectivity index (χ4n) is 2.83. The third-order valence-electron chi connectivity index (χ3n) is 4.12. The Morgan fingerprint density at radius 1 is 1.40 bits per heavy atom. The maximum absolute atomic E-state index is 11.0. The molecule has 2 atom stereocenters. The van der Waals surface area contributed by atoms with Gasteiger partial charge in [-0.05, 0) is 44.9 Å². The molecule has 1 N–H and O–H groups in total. The van der Waals surface area contributed by atoms with Crippen LogP contribution in [0.25, 0.3) is 0 Å². The van der Waals surface area contributed by atoms with Crippen LogP contribution in [0.3, 0.4) is 0 Å². The Morgan fingerprint density at radius 3 is 2.80 bits per heavy atom. The van der Waals surface area contributed by atoms with Gasteiger partial charge in [-0.2, -0.15) is 0 Å². The molecule has 3 heteroatoms. The molecule has 0 radical (unpaired) electrons. The van der Waals surface area contributed by atoms with Gasteiger partial charge < -0.3 is 14.6 Å². The molecule has 1 heterocycles. The molecule has 0 aliphatic carbocycles. The highest BCUT2D eigenvalue weighted by atomic mass is 16.5. The Balaban J connectivity index is 2.25. The lowest BCUT2D eigenvalue weighted by atomic mass is 9.77. The quantitative estimate of drug-likeness (QED) is 0.914. The Morgan fingerprint density at radius 2 is 2.15 bits per heavy atom. The van der Waals surface area contributed by atoms with Crippen molar-refractivity contribution in [2.75, 3.05) is 6.61 Å². The molecule has 112 valence electrons. The van der Waals surface area contributed by atoms with Crippen LogP contribution in [0, 0.1) is 0 Å². The minimum atomic E-state index is -0.820. The molecule has 2 rings (SSSR count). The van der Waals surface area contributed by atoms with Crippen LogP contribution >= 0.6 is 0 Å². The van der Waals surface area contributed by atoms with Crippen LogP contribution in [-0.4, -0.2) is 23.4 Å². The third-order valence-corrected chi connectivity index (χ3v) is 4.12. The Labute approximate surface area is 121 Å². The first kappa shape index (κ1) is 15.3. The van der Waals surface area contributed by atoms with Crippen molar-refractivity contribution in [1.29, 1.82) is 0 Å². The van der Waals surface area contributed by atoms with Crippen LogP contribution in [0.15, 0.2) is 24.3 Å². The largest absolute Gasteiger partial charge is 0.491 e. The summed E-state index contributed by atoms with van der Waals surface area (Å²) in [6.45, 7) is 8.78. The zero-order chi connectivity index (χ0) is 14.8. The van der Waals surface area contributed by atoms with Crippen molar-refractivity contribution >= 4 is 0 Å². The van der Waals surface area contributed by atoms with Gasteiger partial charge in [0, 0.05) is 12.8 Å². The van der Waals surface area contributed by atoms with E-state index in [9.17, 15) is 5.11 Å². The average molecular weight is 278 g/mol. The molecule has 1 saturated heterocycles. The minimum Gasteiger partial charge on any atom is -0.491 e. The van der Waals surface area contributed by atoms with Gasteiger partial charge in [0.2, 0.25) is 0 Å². The minimum absolute atomic E-state index is 0.135. The van der Waals surface area contributed by atoms with E-state index in [4.69, 9.17) is 9.47 Å². The highest BCUT2D eigenvalue weighted by molar-refractivity contribution is 5.33. The van der Waals surface area contributed by atoms with E-state index in [1.807, 2.05) is 38.1 Å². The molecule has 0 aromatic heterocycles. The van der Waals surface area contributed by atoms with Crippen molar-refractivity contribution in [3.8, 4) is 5.75 Å². The van der Waals surface area contributed by atoms with Crippen molar-refractivity contribution in [1.82, 2.24) is 0 Å². The first-order valence-electron chi connectivity index (χ1n) is 7.50. The summed E-state index contributed by atoms with van der Waals surface area (Å²) >= 11 is 0. The van der Waals surface area contributed by atoms with Gasteiger partial charge in [0.15, 0.2) is 0 Å². The smallest absolute Gasteiger partial charge is 0.120 e. The predicted octanol–water partition coefficient (Wildman–Crippen LogP) is 3.64. The van der Waals surface area contributed by atoms with Gasteiger partial charge in [-0.15, -0.1) is 0 Å². The number of hydrogen-bond donors (Lipinski definition) is 1. The molecule has 3 nitrogen and oxygen atoms in total. The van der Waals surface area contributed by atoms with Crippen LogP contribution in [0.1, 0.15) is 52.5 Å². The lowest BCUT2D eigenvalue weighted by molar-refractivity contribution is -0.157. The standard InChI is InChI=1S/C17H26O3/c1-5-16(4)12-17(18,9-10-19-16)14-7-6-8-15(11-14)20-13(2)3/h6-8,11,13,18H,5,9-10,12H2,1-4H3. The normalized spacial score (nSPS) is 30.5. The second kappa shape index (κ2) is 5.74. The second-order valence-corrected chi connectivity index (χ2v) is 6.30. The van der Waals surface area contributed by atoms with E-state index in [0.29, 0.717) is 19.4 Å². The zero-order valence-electron chi connectivity index (χ0n) is 13.0. The SMILES string of the molecule is CCC1(C)CC(O)(c2cccc(OC(C)C)c2)CCO1. The van der Waals surface area contributed by atoms with E-state index >= 15 is 0 Å². The van der Waals surface area contributed by atoms with Crippen LogP contribution in [0.5, 0.6) is 5.75 Å². The van der Waals surface area contributed by atoms with Gasteiger partial charge in [0.1, 0.15) is 5.75 Å². The molecule has 1 fully saturated rings. The summed E-state index contributed by atoms with van der Waals surface area (Å²) in [6.07, 6.45) is 2.29. The lowest BCUT2D eigenvalue weighted by Crippen LogP contribution is -2.45. The Kier molecular flexibility index (Phi) is 4.40. The summed E-state index contributed by atoms with van der Waals surface area (Å²) in [5, 5.41) is 11.0. The summed E-state index contributed by atoms with van der Waals surface area (Å²) in [7, 11) is 0. The maximum atomic E-state index is 11.0. The predicted molar refractivity (Wildman–Crippen MR) is 80.0 cm³/mol. The number of ether oxygens (including phenoxy) is 2. The van der Waals surface area contributed by atoms with Crippen LogP contribution in [0.2, 0.25) is 0 Å². The number of rotatable bonds is 4. The van der Waals surface area contributed by atoms with Crippen molar-refractivity contribution in [3.63, 3.8) is 0 Å². The third kappa shape index (κ3) is 3.33. The van der Waals surface area contributed by atoms with Crippen LogP contribution < -0.4 is 4.74 Å². The van der Waals surface area contributed by atoms with Gasteiger partial charge in [0.05, 0.1) is 23.9 Å². The average Bonchev–Trinajstić information content (AvgIpc) is 2.38. The molecule has 0 amide bonds. The molecule has 2 unspecified atom stereocenters. The molecular weight excluding hydrogens is 252 g/mol. The van der Waals surface area contributed by atoms with Crippen LogP contribution in [0.4, 0.5) is 0 Å². The van der Waals surface area contributed by atoms with E-state index in [1.165, 1.54) is 0 Å². The first-order valence-corrected chi connectivity index (χ1v) is 7.50. The summed E-state index contributed by atoms with van der Waals surface area (Å²) in [6, 6.07) is 7.82. The second-order valence-electron chi connectivity index (χ2n) is 6.30. The van der Waals surface area contributed by atoms with Crippen LogP contribution in [-0.2, 0) is 10.3 Å². The number of benzene rings is 1. The summed E-state index contributed by atoms with van der Waals surface area (Å²) in [4.78, 5) is 0. The summed E-state index contributed by atoms with van der Waals surface area (Å²) in [5.41, 5.74) is -0.139. The van der Waals surface area contributed by atoms with Gasteiger partial charge in [-0.25, -0.2) is 0 Å². The van der Waals surface area contributed by atoms with Gasteiger partial charge >= 0.3 is 0 Å². The monoisotopic (exact) mass is 278 g/mol. The topological polar surface area (TPSA) is 38.7 Å². The van der Waals surface area contributed by atoms with E-state index in [2.05, 4.69) is 13.8 Å². The molecule has 0 saturated carbocycles. The maximum Gasteiger partial charge on any atom is 0.120 e. The van der Waals surface area contributed by atoms with Crippen molar-refractivity contribution in [2.45, 2.75) is 64.3 Å². The highest BCUT2D eigenvalue weighted by Gasteiger charge is 2.42. The van der Waals surface area contributed by atoms with Gasteiger partial charge in [0.25, 0.3) is 0 Å². The van der Waals surface area contributed by atoms with Gasteiger partial charge in [-0.3, -0.25) is 0 Å². The van der Waals surface area contributed by atoms with Crippen molar-refractivity contribution in [2.24, 2.45) is 0 Å². The van der Waals surface area contributed by atoms with E-state index < -0.39 is 5.60 Å². The van der Waals surface area contributed by atoms with Crippen molar-refractivity contribution in [3.05, 3.63) is 29.8 Å². The highest BCUT2D eigenvalue weighted by Crippen LogP contribution is 2.41. The molecular formula is C17H26O3. The van der Waals surface area contributed by atoms with Crippen molar-refractivity contribution < 1.29 is 14.6 Å². The molecule has 20 heavy (non-hydrogen) atoms. The molecule has 0 spiro atoms. The Hall–Kier alpha value is -1.06. The van der Waals surface area contributed by atoms with E-state index in [1.54, 1.807) is 0 Å². The molecule has 1 aliphatic heterocycles. The zero-order valence-corrected chi connectivity index (χ0v) is 13.0. The van der Waals surface area contributed by atoms with E-state index in [0.717, 1.165) is 17.7 Å². The lowest BCUT2D eigenvalue weighted by Gasteiger charge is -2.43. The summed E-state index contributed by atoms with van der Waals surface area (Å²) < 4.78 is 11.6. The molecule has 1 aliphatic rings. The summed E-state index contributed by atoms with van der Waals surface area (Å²) in [5.74, 6) is 0.815. The van der Waals surface area contributed by atoms with E-state index in [-0.39, 0.29) is 11.7 Å².